The van der Waals surface area contributed by atoms with E-state index in [4.69, 9.17) is 0 Å². The Bertz CT molecular complexity index is 190. The van der Waals surface area contributed by atoms with E-state index in [-0.39, 0.29) is 0 Å². The maximum atomic E-state index is 4.58. The van der Waals surface area contributed by atoms with Gasteiger partial charge in [0.15, 0.2) is 0 Å². The third-order valence-electron chi connectivity index (χ3n) is 2.18. The van der Waals surface area contributed by atoms with Crippen LogP contribution in [0.1, 0.15) is 27.2 Å². The van der Waals surface area contributed by atoms with Gasteiger partial charge in [-0.15, -0.1) is 0 Å². The van der Waals surface area contributed by atoms with Gasteiger partial charge >= 0.3 is 0 Å². The molecule has 0 fully saturated rings. The summed E-state index contributed by atoms with van der Waals surface area (Å²) in [6, 6.07) is 0.464. The van der Waals surface area contributed by atoms with Crippen LogP contribution < -0.4 is 0 Å². The molecule has 0 amide bonds. The van der Waals surface area contributed by atoms with Crippen molar-refractivity contribution in [3.8, 4) is 0 Å². The van der Waals surface area contributed by atoms with Crippen LogP contribution in [-0.4, -0.2) is 29.9 Å². The van der Waals surface area contributed by atoms with E-state index >= 15 is 0 Å². The topological polar surface area (TPSA) is 15.6 Å². The second-order valence-electron chi connectivity index (χ2n) is 3.15. The molecule has 1 aliphatic rings. The summed E-state index contributed by atoms with van der Waals surface area (Å²) in [6.07, 6.45) is 5.43. The predicted molar refractivity (Wildman–Crippen MR) is 53.6 cm³/mol. The van der Waals surface area contributed by atoms with E-state index in [0.29, 0.717) is 6.04 Å². The Morgan fingerprint density at radius 2 is 2.17 bits per heavy atom. The van der Waals surface area contributed by atoms with Crippen LogP contribution in [0.2, 0.25) is 0 Å². The molecule has 0 aliphatic carbocycles. The molecule has 0 aromatic heterocycles. The standard InChI is InChI=1S/C10H18N2/c1-4-12(5-2)10-8-6-7-9(3)11-10/h6,8-9H,4-5,7H2,1-3H3. The van der Waals surface area contributed by atoms with E-state index in [1.165, 1.54) is 0 Å². The molecule has 0 spiro atoms. The average Bonchev–Trinajstić information content (AvgIpc) is 2.07. The lowest BCUT2D eigenvalue weighted by Crippen LogP contribution is -2.31. The van der Waals surface area contributed by atoms with Crippen LogP contribution in [0, 0.1) is 0 Å². The summed E-state index contributed by atoms with van der Waals surface area (Å²) in [6.45, 7) is 8.59. The first kappa shape index (κ1) is 9.30. The van der Waals surface area contributed by atoms with Crippen molar-refractivity contribution in [2.24, 2.45) is 4.99 Å². The molecule has 2 nitrogen and oxygen atoms in total. The molecule has 1 atom stereocenters. The Hall–Kier alpha value is -0.790. The minimum absolute atomic E-state index is 0.464. The monoisotopic (exact) mass is 166 g/mol. The highest BCUT2D eigenvalue weighted by atomic mass is 15.2. The predicted octanol–water partition coefficient (Wildman–Crippen LogP) is 2.08. The molecule has 1 unspecified atom stereocenters. The lowest BCUT2D eigenvalue weighted by molar-refractivity contribution is 0.461. The summed E-state index contributed by atoms with van der Waals surface area (Å²) in [5.41, 5.74) is 0. The number of likely N-dealkylation sites (N-methyl/N-ethyl adjacent to an activating group) is 1. The maximum Gasteiger partial charge on any atom is 0.123 e. The van der Waals surface area contributed by atoms with Gasteiger partial charge < -0.3 is 4.90 Å². The van der Waals surface area contributed by atoms with E-state index in [1.54, 1.807) is 0 Å². The molecule has 1 rings (SSSR count). The first-order valence-electron chi connectivity index (χ1n) is 4.77. The molecule has 0 radical (unpaired) electrons. The number of aliphatic imine (C=N–C) groups is 1. The average molecular weight is 166 g/mol. The number of hydrogen-bond acceptors (Lipinski definition) is 2. The lowest BCUT2D eigenvalue weighted by atomic mass is 10.2. The van der Waals surface area contributed by atoms with Gasteiger partial charge in [-0.05, 0) is 33.3 Å². The lowest BCUT2D eigenvalue weighted by Gasteiger charge is -2.24. The molecule has 0 N–H and O–H groups in total. The Morgan fingerprint density at radius 3 is 2.67 bits per heavy atom. The summed E-state index contributed by atoms with van der Waals surface area (Å²) in [4.78, 5) is 6.86. The van der Waals surface area contributed by atoms with Crippen LogP contribution in [0.4, 0.5) is 0 Å². The van der Waals surface area contributed by atoms with Gasteiger partial charge in [0.05, 0.1) is 6.04 Å². The highest BCUT2D eigenvalue weighted by Crippen LogP contribution is 2.08. The van der Waals surface area contributed by atoms with Crippen molar-refractivity contribution in [2.45, 2.75) is 33.2 Å². The Labute approximate surface area is 75.0 Å². The first-order chi connectivity index (χ1) is 5.77. The normalized spacial score (nSPS) is 22.2. The molecule has 0 aromatic rings. The zero-order chi connectivity index (χ0) is 8.97. The van der Waals surface area contributed by atoms with Gasteiger partial charge in [-0.25, -0.2) is 0 Å². The fourth-order valence-electron chi connectivity index (χ4n) is 1.43. The van der Waals surface area contributed by atoms with E-state index in [1.807, 2.05) is 0 Å². The summed E-state index contributed by atoms with van der Waals surface area (Å²) >= 11 is 0. The summed E-state index contributed by atoms with van der Waals surface area (Å²) < 4.78 is 0. The molecule has 2 heteroatoms. The number of hydrogen-bond donors (Lipinski definition) is 0. The number of nitrogens with zero attached hydrogens (tertiary/aromatic N) is 2. The van der Waals surface area contributed by atoms with Gasteiger partial charge in [-0.1, -0.05) is 6.08 Å². The largest absolute Gasteiger partial charge is 0.357 e. The van der Waals surface area contributed by atoms with Crippen LogP contribution in [-0.2, 0) is 0 Å². The zero-order valence-corrected chi connectivity index (χ0v) is 8.25. The molecule has 0 bridgehead atoms. The number of rotatable bonds is 2. The van der Waals surface area contributed by atoms with Crippen molar-refractivity contribution < 1.29 is 0 Å². The van der Waals surface area contributed by atoms with Gasteiger partial charge in [-0.3, -0.25) is 4.99 Å². The van der Waals surface area contributed by atoms with Crippen LogP contribution in [0.15, 0.2) is 17.1 Å². The van der Waals surface area contributed by atoms with Crippen LogP contribution in [0.25, 0.3) is 0 Å². The first-order valence-corrected chi connectivity index (χ1v) is 4.77. The molecular formula is C10H18N2. The van der Waals surface area contributed by atoms with Crippen molar-refractivity contribution in [3.05, 3.63) is 12.2 Å². The molecule has 12 heavy (non-hydrogen) atoms. The molecular weight excluding hydrogens is 148 g/mol. The number of dihydropyridines is 1. The Balaban J connectivity index is 2.65. The summed E-state index contributed by atoms with van der Waals surface area (Å²) in [5.74, 6) is 1.15. The molecule has 0 saturated heterocycles. The van der Waals surface area contributed by atoms with E-state index < -0.39 is 0 Å². The van der Waals surface area contributed by atoms with Crippen LogP contribution in [0.3, 0.4) is 0 Å². The summed E-state index contributed by atoms with van der Waals surface area (Å²) in [5, 5.41) is 0. The fourth-order valence-corrected chi connectivity index (χ4v) is 1.43. The van der Waals surface area contributed by atoms with Gasteiger partial charge in [0.1, 0.15) is 5.84 Å². The second kappa shape index (κ2) is 4.29. The van der Waals surface area contributed by atoms with Crippen molar-refractivity contribution in [2.75, 3.05) is 13.1 Å². The SMILES string of the molecule is CCN(CC)C1=NC(C)CC=C1. The fraction of sp³-hybridized carbons (Fsp3) is 0.700. The van der Waals surface area contributed by atoms with Crippen molar-refractivity contribution in [1.29, 1.82) is 0 Å². The highest BCUT2D eigenvalue weighted by Gasteiger charge is 2.09. The minimum Gasteiger partial charge on any atom is -0.357 e. The third kappa shape index (κ3) is 2.10. The summed E-state index contributed by atoms with van der Waals surface area (Å²) in [7, 11) is 0. The van der Waals surface area contributed by atoms with E-state index in [2.05, 4.69) is 42.8 Å². The highest BCUT2D eigenvalue weighted by molar-refractivity contribution is 5.93. The van der Waals surface area contributed by atoms with Crippen molar-refractivity contribution in [3.63, 3.8) is 0 Å². The quantitative estimate of drug-likeness (QED) is 0.613. The number of amidine groups is 1. The molecule has 0 aromatic carbocycles. The Kier molecular flexibility index (Phi) is 3.32. The molecule has 68 valence electrons. The van der Waals surface area contributed by atoms with Crippen LogP contribution >= 0.6 is 0 Å². The van der Waals surface area contributed by atoms with Gasteiger partial charge in [0.2, 0.25) is 0 Å². The third-order valence-corrected chi connectivity index (χ3v) is 2.18. The van der Waals surface area contributed by atoms with Crippen molar-refractivity contribution in [1.82, 2.24) is 4.90 Å². The van der Waals surface area contributed by atoms with E-state index in [0.717, 1.165) is 25.3 Å². The molecule has 1 heterocycles. The minimum atomic E-state index is 0.464. The second-order valence-corrected chi connectivity index (χ2v) is 3.15. The zero-order valence-electron chi connectivity index (χ0n) is 8.25. The molecule has 1 aliphatic heterocycles. The maximum absolute atomic E-state index is 4.58. The van der Waals surface area contributed by atoms with Crippen LogP contribution in [0.5, 0.6) is 0 Å². The van der Waals surface area contributed by atoms with E-state index in [9.17, 15) is 0 Å². The van der Waals surface area contributed by atoms with Gasteiger partial charge in [0.25, 0.3) is 0 Å². The Morgan fingerprint density at radius 1 is 1.50 bits per heavy atom. The van der Waals surface area contributed by atoms with Gasteiger partial charge in [0, 0.05) is 13.1 Å². The smallest absolute Gasteiger partial charge is 0.123 e. The van der Waals surface area contributed by atoms with Gasteiger partial charge in [-0.2, -0.15) is 0 Å². The molecule has 0 saturated carbocycles. The van der Waals surface area contributed by atoms with Crippen molar-refractivity contribution >= 4 is 5.84 Å².